The topological polar surface area (TPSA) is 110 Å². The molecule has 1 saturated heterocycles. The highest BCUT2D eigenvalue weighted by Gasteiger charge is 2.47. The summed E-state index contributed by atoms with van der Waals surface area (Å²) in [6, 6.07) is 12.7. The Morgan fingerprint density at radius 3 is 2.24 bits per heavy atom. The lowest BCUT2D eigenvalue weighted by atomic mass is 10.1. The zero-order valence-electron chi connectivity index (χ0n) is 18.7. The van der Waals surface area contributed by atoms with Crippen molar-refractivity contribution in [1.29, 1.82) is 0 Å². The molecule has 176 valence electrons. The number of pyridine rings is 1. The molecule has 9 nitrogen and oxygen atoms in total. The van der Waals surface area contributed by atoms with Gasteiger partial charge in [0.15, 0.2) is 23.7 Å². The van der Waals surface area contributed by atoms with E-state index in [2.05, 4.69) is 4.98 Å². The van der Waals surface area contributed by atoms with Crippen molar-refractivity contribution in [3.05, 3.63) is 42.5 Å². The summed E-state index contributed by atoms with van der Waals surface area (Å²) in [5, 5.41) is 0. The van der Waals surface area contributed by atoms with Crippen molar-refractivity contribution in [1.82, 2.24) is 4.98 Å². The van der Waals surface area contributed by atoms with E-state index in [4.69, 9.17) is 23.7 Å². The van der Waals surface area contributed by atoms with Gasteiger partial charge in [-0.15, -0.1) is 11.8 Å². The van der Waals surface area contributed by atoms with Crippen LogP contribution in [-0.2, 0) is 28.6 Å². The van der Waals surface area contributed by atoms with Crippen LogP contribution < -0.4 is 9.47 Å². The average Bonchev–Trinajstić information content (AvgIpc) is 2.77. The van der Waals surface area contributed by atoms with Gasteiger partial charge in [-0.25, -0.2) is 4.98 Å². The van der Waals surface area contributed by atoms with Gasteiger partial charge in [-0.1, -0.05) is 18.2 Å². The second kappa shape index (κ2) is 11.0. The lowest BCUT2D eigenvalue weighted by molar-refractivity contribution is -0.186. The Morgan fingerprint density at radius 1 is 0.909 bits per heavy atom. The molecule has 33 heavy (non-hydrogen) atoms. The van der Waals surface area contributed by atoms with Crippen LogP contribution in [0.1, 0.15) is 20.8 Å². The summed E-state index contributed by atoms with van der Waals surface area (Å²) in [5.74, 6) is -0.430. The monoisotopic (exact) mass is 475 g/mol. The molecule has 0 spiro atoms. The Kier molecular flexibility index (Phi) is 8.16. The van der Waals surface area contributed by atoms with E-state index in [-0.39, 0.29) is 5.75 Å². The minimum atomic E-state index is -1.01. The first kappa shape index (κ1) is 24.4. The van der Waals surface area contributed by atoms with E-state index in [1.54, 1.807) is 25.3 Å². The summed E-state index contributed by atoms with van der Waals surface area (Å²) in [7, 11) is 1.55. The maximum Gasteiger partial charge on any atom is 0.303 e. The minimum absolute atomic E-state index is 0.289. The molecule has 2 heterocycles. The van der Waals surface area contributed by atoms with Gasteiger partial charge in [-0.05, 0) is 18.2 Å². The molecule has 1 aromatic heterocycles. The largest absolute Gasteiger partial charge is 0.481 e. The van der Waals surface area contributed by atoms with Crippen LogP contribution >= 0.6 is 11.8 Å². The fourth-order valence-corrected chi connectivity index (χ4v) is 4.58. The van der Waals surface area contributed by atoms with Crippen molar-refractivity contribution in [2.45, 2.75) is 44.5 Å². The molecule has 2 aromatic rings. The number of carbonyl (C=O) groups excluding carboxylic acids is 3. The number of esters is 3. The average molecular weight is 476 g/mol. The van der Waals surface area contributed by atoms with Gasteiger partial charge in [0.2, 0.25) is 5.88 Å². The molecule has 0 radical (unpaired) electrons. The Hall–Kier alpha value is -3.27. The summed E-state index contributed by atoms with van der Waals surface area (Å²) in [5.41, 5.74) is 0.782. The third-order valence-electron chi connectivity index (χ3n) is 4.62. The highest BCUT2D eigenvalue weighted by Crippen LogP contribution is 2.35. The Bertz CT molecular complexity index is 1010. The normalized spacial score (nSPS) is 22.1. The second-order valence-electron chi connectivity index (χ2n) is 7.21. The molecule has 1 aliphatic rings. The number of aromatic nitrogens is 1. The summed E-state index contributed by atoms with van der Waals surface area (Å²) < 4.78 is 27.5. The summed E-state index contributed by atoms with van der Waals surface area (Å²) in [6.07, 6.45) is -2.79. The molecule has 0 N–H and O–H groups in total. The van der Waals surface area contributed by atoms with E-state index in [1.165, 1.54) is 32.5 Å². The molecule has 1 aromatic carbocycles. The van der Waals surface area contributed by atoms with Gasteiger partial charge >= 0.3 is 17.9 Å². The molecule has 3 rings (SSSR count). The summed E-state index contributed by atoms with van der Waals surface area (Å²) >= 11 is 1.29. The molecule has 1 aliphatic heterocycles. The minimum Gasteiger partial charge on any atom is -0.481 e. The first-order valence-electron chi connectivity index (χ1n) is 10.2. The van der Waals surface area contributed by atoms with Crippen LogP contribution in [0.4, 0.5) is 0 Å². The number of methoxy groups -OCH3 is 1. The smallest absolute Gasteiger partial charge is 0.303 e. The molecule has 0 aliphatic carbocycles. The lowest BCUT2D eigenvalue weighted by Gasteiger charge is -2.39. The van der Waals surface area contributed by atoms with Gasteiger partial charge in [0.1, 0.15) is 5.75 Å². The predicted octanol–water partition coefficient (Wildman–Crippen LogP) is 3.00. The van der Waals surface area contributed by atoms with Gasteiger partial charge < -0.3 is 23.7 Å². The van der Waals surface area contributed by atoms with Crippen molar-refractivity contribution in [3.8, 4) is 22.9 Å². The van der Waals surface area contributed by atoms with Crippen LogP contribution in [0.5, 0.6) is 11.6 Å². The molecule has 0 bridgehead atoms. The number of nitrogens with zero attached hydrogens (tertiary/aromatic N) is 1. The Labute approximate surface area is 195 Å². The first-order valence-corrected chi connectivity index (χ1v) is 11.2. The number of hydrogen-bond acceptors (Lipinski definition) is 10. The molecular formula is C23H25NO8S. The standard InChI is InChI=1S/C23H25NO8S/c1-13(25)29-19-12-33-23(22(31-15(3)27)21(19)30-14(2)26)32-17-8-5-7-16(11-17)18-9-6-10-20(24-18)28-4/h5-11,19,21-23H,12H2,1-4H3/t19-,21+,22-,23-/m1/s1. The van der Waals surface area contributed by atoms with Gasteiger partial charge in [-0.2, -0.15) is 0 Å². The number of ether oxygens (including phenoxy) is 5. The molecule has 0 unspecified atom stereocenters. The number of benzene rings is 1. The molecule has 10 heteroatoms. The fourth-order valence-electron chi connectivity index (χ4n) is 3.36. The zero-order valence-corrected chi connectivity index (χ0v) is 19.5. The fraction of sp³-hybridized carbons (Fsp3) is 0.391. The Balaban J connectivity index is 1.87. The Morgan fingerprint density at radius 2 is 1.58 bits per heavy atom. The van der Waals surface area contributed by atoms with E-state index in [9.17, 15) is 14.4 Å². The van der Waals surface area contributed by atoms with Gasteiger partial charge in [0.05, 0.1) is 12.8 Å². The zero-order chi connectivity index (χ0) is 24.0. The van der Waals surface area contributed by atoms with Crippen molar-refractivity contribution in [2.75, 3.05) is 12.9 Å². The second-order valence-corrected chi connectivity index (χ2v) is 8.34. The number of thioether (sulfide) groups is 1. The third kappa shape index (κ3) is 6.61. The van der Waals surface area contributed by atoms with Crippen molar-refractivity contribution in [2.24, 2.45) is 0 Å². The van der Waals surface area contributed by atoms with E-state index in [0.717, 1.165) is 5.56 Å². The number of hydrogen-bond donors (Lipinski definition) is 0. The molecular weight excluding hydrogens is 450 g/mol. The predicted molar refractivity (Wildman–Crippen MR) is 120 cm³/mol. The highest BCUT2D eigenvalue weighted by molar-refractivity contribution is 7.99. The van der Waals surface area contributed by atoms with Crippen LogP contribution in [0, 0.1) is 0 Å². The number of carbonyl (C=O) groups is 3. The summed E-state index contributed by atoms with van der Waals surface area (Å²) in [4.78, 5) is 39.5. The molecule has 4 atom stereocenters. The van der Waals surface area contributed by atoms with Crippen molar-refractivity contribution < 1.29 is 38.1 Å². The third-order valence-corrected chi connectivity index (χ3v) is 5.83. The van der Waals surface area contributed by atoms with Gasteiger partial charge in [-0.3, -0.25) is 14.4 Å². The van der Waals surface area contributed by atoms with Crippen LogP contribution in [0.3, 0.4) is 0 Å². The van der Waals surface area contributed by atoms with E-state index in [1.807, 2.05) is 24.3 Å². The van der Waals surface area contributed by atoms with E-state index in [0.29, 0.717) is 17.3 Å². The maximum absolute atomic E-state index is 11.8. The van der Waals surface area contributed by atoms with Crippen molar-refractivity contribution >= 4 is 29.7 Å². The number of rotatable bonds is 7. The molecule has 0 amide bonds. The lowest BCUT2D eigenvalue weighted by Crippen LogP contribution is -2.55. The highest BCUT2D eigenvalue weighted by atomic mass is 32.2. The van der Waals surface area contributed by atoms with Crippen LogP contribution in [0.15, 0.2) is 42.5 Å². The van der Waals surface area contributed by atoms with E-state index >= 15 is 0 Å². The van der Waals surface area contributed by atoms with Gasteiger partial charge in [0.25, 0.3) is 0 Å². The first-order chi connectivity index (χ1) is 15.8. The SMILES string of the molecule is COc1cccc(-c2cccc(O[C@@H]3SC[C@@H](OC(C)=O)[C@H](OC(C)=O)[C@H]3OC(C)=O)c2)n1. The molecule has 1 fully saturated rings. The maximum atomic E-state index is 11.8. The van der Waals surface area contributed by atoms with Gasteiger partial charge in [0, 0.05) is 38.2 Å². The van der Waals surface area contributed by atoms with E-state index < -0.39 is 41.7 Å². The van der Waals surface area contributed by atoms with Crippen LogP contribution in [-0.4, -0.2) is 59.5 Å². The molecule has 0 saturated carbocycles. The summed E-state index contributed by atoms with van der Waals surface area (Å²) in [6.45, 7) is 3.74. The quantitative estimate of drug-likeness (QED) is 0.438. The van der Waals surface area contributed by atoms with Crippen molar-refractivity contribution in [3.63, 3.8) is 0 Å². The van der Waals surface area contributed by atoms with Crippen LogP contribution in [0.2, 0.25) is 0 Å². The van der Waals surface area contributed by atoms with Crippen LogP contribution in [0.25, 0.3) is 11.3 Å².